The Hall–Kier alpha value is -2.17. The highest BCUT2D eigenvalue weighted by Crippen LogP contribution is 2.58. The van der Waals surface area contributed by atoms with Crippen molar-refractivity contribution in [3.63, 3.8) is 0 Å². The van der Waals surface area contributed by atoms with Gasteiger partial charge in [0.05, 0.1) is 14.2 Å². The molecule has 5 heteroatoms. The lowest BCUT2D eigenvalue weighted by molar-refractivity contribution is -0.168. The van der Waals surface area contributed by atoms with Gasteiger partial charge in [0, 0.05) is 5.41 Å². The Kier molecular flexibility index (Phi) is 3.61. The van der Waals surface area contributed by atoms with Crippen LogP contribution in [0.3, 0.4) is 0 Å². The minimum atomic E-state index is -1.40. The fraction of sp³-hybridized carbons (Fsp3) is 0.438. The zero-order chi connectivity index (χ0) is 15.8. The third-order valence-electron chi connectivity index (χ3n) is 4.47. The first-order valence-electron chi connectivity index (χ1n) is 6.59. The van der Waals surface area contributed by atoms with Crippen molar-refractivity contribution < 1.29 is 23.9 Å². The number of hydrogen-bond acceptors (Lipinski definition) is 5. The standard InChI is InChI=1S/C16H18O5/c1-10-7-12(17)5-6-15(10)9-16(8-11(15)2,13(18)20-3)14(19)21-4/h5-7H,2,8-9H2,1,3-4H3. The molecule has 0 aliphatic heterocycles. The largest absolute Gasteiger partial charge is 0.468 e. The first-order valence-corrected chi connectivity index (χ1v) is 6.59. The normalized spacial score (nSPS) is 26.7. The minimum absolute atomic E-state index is 0.112. The van der Waals surface area contributed by atoms with Gasteiger partial charge in [-0.3, -0.25) is 14.4 Å². The molecule has 0 N–H and O–H groups in total. The third-order valence-corrected chi connectivity index (χ3v) is 4.47. The summed E-state index contributed by atoms with van der Waals surface area (Å²) in [5.41, 5.74) is -0.595. The molecular formula is C16H18O5. The van der Waals surface area contributed by atoms with Gasteiger partial charge >= 0.3 is 11.9 Å². The van der Waals surface area contributed by atoms with Crippen molar-refractivity contribution in [3.8, 4) is 0 Å². The molecule has 112 valence electrons. The van der Waals surface area contributed by atoms with Crippen LogP contribution in [0.5, 0.6) is 0 Å². The van der Waals surface area contributed by atoms with Crippen LogP contribution in [0.25, 0.3) is 0 Å². The quantitative estimate of drug-likeness (QED) is 0.440. The molecule has 1 fully saturated rings. The van der Waals surface area contributed by atoms with Gasteiger partial charge in [-0.1, -0.05) is 23.8 Å². The number of carbonyl (C=O) groups is 3. The number of hydrogen-bond donors (Lipinski definition) is 0. The van der Waals surface area contributed by atoms with Crippen LogP contribution < -0.4 is 0 Å². The summed E-state index contributed by atoms with van der Waals surface area (Å²) in [4.78, 5) is 35.9. The summed E-state index contributed by atoms with van der Waals surface area (Å²) in [6.07, 6.45) is 5.00. The minimum Gasteiger partial charge on any atom is -0.468 e. The van der Waals surface area contributed by atoms with Crippen LogP contribution in [0.4, 0.5) is 0 Å². The fourth-order valence-corrected chi connectivity index (χ4v) is 3.29. The van der Waals surface area contributed by atoms with E-state index in [0.29, 0.717) is 5.57 Å². The summed E-state index contributed by atoms with van der Waals surface area (Å²) in [5.74, 6) is -1.38. The van der Waals surface area contributed by atoms with Crippen LogP contribution in [0.1, 0.15) is 19.8 Å². The van der Waals surface area contributed by atoms with E-state index in [-0.39, 0.29) is 18.6 Å². The van der Waals surface area contributed by atoms with Crippen molar-refractivity contribution in [1.82, 2.24) is 0 Å². The van der Waals surface area contributed by atoms with Crippen molar-refractivity contribution in [2.24, 2.45) is 10.8 Å². The Balaban J connectivity index is 2.52. The van der Waals surface area contributed by atoms with Gasteiger partial charge in [0.1, 0.15) is 0 Å². The number of ketones is 1. The van der Waals surface area contributed by atoms with Gasteiger partial charge < -0.3 is 9.47 Å². The van der Waals surface area contributed by atoms with Crippen molar-refractivity contribution >= 4 is 17.7 Å². The van der Waals surface area contributed by atoms with E-state index in [1.807, 2.05) is 0 Å². The van der Waals surface area contributed by atoms with E-state index in [4.69, 9.17) is 9.47 Å². The zero-order valence-electron chi connectivity index (χ0n) is 12.4. The molecule has 1 atom stereocenters. The smallest absolute Gasteiger partial charge is 0.323 e. The Morgan fingerprint density at radius 2 is 1.81 bits per heavy atom. The van der Waals surface area contributed by atoms with Crippen LogP contribution in [-0.2, 0) is 23.9 Å². The van der Waals surface area contributed by atoms with Gasteiger partial charge in [0.15, 0.2) is 11.2 Å². The third kappa shape index (κ3) is 2.04. The number of rotatable bonds is 2. The molecular weight excluding hydrogens is 272 g/mol. The first kappa shape index (κ1) is 15.2. The van der Waals surface area contributed by atoms with Crippen molar-refractivity contribution in [3.05, 3.63) is 36.0 Å². The van der Waals surface area contributed by atoms with E-state index in [1.165, 1.54) is 26.4 Å². The summed E-state index contributed by atoms with van der Waals surface area (Å²) in [5, 5.41) is 0. The van der Waals surface area contributed by atoms with Crippen LogP contribution in [0.2, 0.25) is 0 Å². The molecule has 0 aromatic rings. The van der Waals surface area contributed by atoms with Crippen LogP contribution in [-0.4, -0.2) is 31.9 Å². The summed E-state index contributed by atoms with van der Waals surface area (Å²) in [6.45, 7) is 5.82. The number of carbonyl (C=O) groups excluding carboxylic acids is 3. The number of esters is 2. The van der Waals surface area contributed by atoms with Crippen molar-refractivity contribution in [2.75, 3.05) is 14.2 Å². The van der Waals surface area contributed by atoms with E-state index in [1.54, 1.807) is 13.0 Å². The highest BCUT2D eigenvalue weighted by Gasteiger charge is 2.60. The molecule has 2 aliphatic rings. The lowest BCUT2D eigenvalue weighted by Gasteiger charge is -2.31. The van der Waals surface area contributed by atoms with Gasteiger partial charge in [-0.2, -0.15) is 0 Å². The molecule has 0 radical (unpaired) electrons. The zero-order valence-corrected chi connectivity index (χ0v) is 12.4. The Morgan fingerprint density at radius 3 is 2.29 bits per heavy atom. The molecule has 0 saturated heterocycles. The number of allylic oxidation sites excluding steroid dienone is 5. The van der Waals surface area contributed by atoms with E-state index >= 15 is 0 Å². The number of ether oxygens (including phenoxy) is 2. The average molecular weight is 290 g/mol. The Morgan fingerprint density at radius 1 is 1.24 bits per heavy atom. The Bertz CT molecular complexity index is 580. The van der Waals surface area contributed by atoms with Gasteiger partial charge in [-0.15, -0.1) is 0 Å². The molecule has 1 spiro atoms. The predicted molar refractivity (Wildman–Crippen MR) is 75.2 cm³/mol. The molecule has 2 rings (SSSR count). The van der Waals surface area contributed by atoms with Gasteiger partial charge in [0.25, 0.3) is 0 Å². The molecule has 21 heavy (non-hydrogen) atoms. The second kappa shape index (κ2) is 4.98. The topological polar surface area (TPSA) is 69.7 Å². The summed E-state index contributed by atoms with van der Waals surface area (Å²) in [6, 6.07) is 0. The van der Waals surface area contributed by atoms with Gasteiger partial charge in [-0.05, 0) is 31.9 Å². The second-order valence-electron chi connectivity index (χ2n) is 5.56. The Labute approximate surface area is 123 Å². The summed E-state index contributed by atoms with van der Waals surface area (Å²) >= 11 is 0. The highest BCUT2D eigenvalue weighted by atomic mass is 16.5. The molecule has 0 aromatic heterocycles. The van der Waals surface area contributed by atoms with Crippen LogP contribution in [0.15, 0.2) is 36.0 Å². The van der Waals surface area contributed by atoms with E-state index in [9.17, 15) is 14.4 Å². The van der Waals surface area contributed by atoms with E-state index < -0.39 is 22.8 Å². The van der Waals surface area contributed by atoms with Crippen LogP contribution in [0, 0.1) is 10.8 Å². The lowest BCUT2D eigenvalue weighted by atomic mass is 9.71. The molecule has 5 nitrogen and oxygen atoms in total. The molecule has 0 bridgehead atoms. The molecule has 0 heterocycles. The fourth-order valence-electron chi connectivity index (χ4n) is 3.29. The SMILES string of the molecule is C=C1CC(C(=O)OC)(C(=O)OC)CC12C=CC(=O)C=C2C. The molecule has 0 aromatic carbocycles. The summed E-state index contributed by atoms with van der Waals surface area (Å²) < 4.78 is 9.62. The maximum Gasteiger partial charge on any atom is 0.323 e. The maximum absolute atomic E-state index is 12.2. The second-order valence-corrected chi connectivity index (χ2v) is 5.56. The van der Waals surface area contributed by atoms with Crippen LogP contribution >= 0.6 is 0 Å². The highest BCUT2D eigenvalue weighted by molar-refractivity contribution is 6.03. The average Bonchev–Trinajstić information content (AvgIpc) is 2.77. The molecule has 0 amide bonds. The lowest BCUT2D eigenvalue weighted by Crippen LogP contribution is -2.40. The molecule has 1 saturated carbocycles. The van der Waals surface area contributed by atoms with Gasteiger partial charge in [0.2, 0.25) is 0 Å². The van der Waals surface area contributed by atoms with Crippen molar-refractivity contribution in [1.29, 1.82) is 0 Å². The molecule has 2 aliphatic carbocycles. The van der Waals surface area contributed by atoms with E-state index in [0.717, 1.165) is 5.57 Å². The maximum atomic E-state index is 12.2. The first-order chi connectivity index (χ1) is 9.82. The monoisotopic (exact) mass is 290 g/mol. The number of methoxy groups -OCH3 is 2. The van der Waals surface area contributed by atoms with Crippen molar-refractivity contribution in [2.45, 2.75) is 19.8 Å². The molecule has 1 unspecified atom stereocenters. The summed E-state index contributed by atoms with van der Waals surface area (Å²) in [7, 11) is 2.48. The predicted octanol–water partition coefficient (Wildman–Crippen LogP) is 1.74. The van der Waals surface area contributed by atoms with Gasteiger partial charge in [-0.25, -0.2) is 0 Å². The van der Waals surface area contributed by atoms with E-state index in [2.05, 4.69) is 6.58 Å².